The molecule has 2 aromatic rings. The number of hydrogen-bond acceptors (Lipinski definition) is 4. The molecule has 3 amide bonds. The fourth-order valence-corrected chi connectivity index (χ4v) is 3.25. The summed E-state index contributed by atoms with van der Waals surface area (Å²) in [7, 11) is 3.15. The normalized spacial score (nSPS) is 16.0. The van der Waals surface area contributed by atoms with E-state index in [1.54, 1.807) is 25.2 Å². The third-order valence-electron chi connectivity index (χ3n) is 4.73. The number of rotatable bonds is 7. The predicted octanol–water partition coefficient (Wildman–Crippen LogP) is 2.56. The van der Waals surface area contributed by atoms with Gasteiger partial charge < -0.3 is 25.0 Å². The number of nitrogens with one attached hydrogen (secondary N) is 2. The fraction of sp³-hybridized carbons (Fsp3) is 0.333. The zero-order valence-corrected chi connectivity index (χ0v) is 16.1. The van der Waals surface area contributed by atoms with Crippen LogP contribution in [0.2, 0.25) is 0 Å². The van der Waals surface area contributed by atoms with Crippen molar-refractivity contribution < 1.29 is 19.1 Å². The highest BCUT2D eigenvalue weighted by Gasteiger charge is 2.30. The van der Waals surface area contributed by atoms with Crippen LogP contribution in [-0.4, -0.2) is 39.2 Å². The van der Waals surface area contributed by atoms with Crippen LogP contribution in [0.1, 0.15) is 12.0 Å². The summed E-state index contributed by atoms with van der Waals surface area (Å²) < 4.78 is 10.5. The van der Waals surface area contributed by atoms with Crippen molar-refractivity contribution in [1.29, 1.82) is 0 Å². The van der Waals surface area contributed by atoms with Gasteiger partial charge in [-0.1, -0.05) is 24.3 Å². The van der Waals surface area contributed by atoms with Crippen LogP contribution in [-0.2, 0) is 11.3 Å². The maximum absolute atomic E-state index is 12.2. The Bertz CT molecular complexity index is 826. The number of nitrogens with zero attached hydrogens (tertiary/aromatic N) is 1. The van der Waals surface area contributed by atoms with Crippen molar-refractivity contribution >= 4 is 17.6 Å². The van der Waals surface area contributed by atoms with Gasteiger partial charge in [0.25, 0.3) is 0 Å². The van der Waals surface area contributed by atoms with Crippen molar-refractivity contribution in [3.63, 3.8) is 0 Å². The van der Waals surface area contributed by atoms with Gasteiger partial charge in [-0.15, -0.1) is 0 Å². The minimum atomic E-state index is -0.264. The second kappa shape index (κ2) is 9.12. The topological polar surface area (TPSA) is 79.9 Å². The molecule has 0 unspecified atom stereocenters. The summed E-state index contributed by atoms with van der Waals surface area (Å²) in [6.07, 6.45) is 0.435. The number of benzene rings is 2. The Labute approximate surface area is 164 Å². The van der Waals surface area contributed by atoms with Crippen LogP contribution in [0.4, 0.5) is 10.5 Å². The molecule has 0 aromatic heterocycles. The lowest BCUT2D eigenvalue weighted by Gasteiger charge is -2.17. The quantitative estimate of drug-likeness (QED) is 0.770. The monoisotopic (exact) mass is 383 g/mol. The number of carbonyl (C=O) groups excluding carboxylic acids is 2. The molecular weight excluding hydrogens is 358 g/mol. The molecule has 7 nitrogen and oxygen atoms in total. The van der Waals surface area contributed by atoms with E-state index in [-0.39, 0.29) is 17.9 Å². The SMILES string of the molecule is COc1ccc(CNC(=O)NC[C@@H]2CC(=O)N(c3ccccc3)C2)cc1OC. The van der Waals surface area contributed by atoms with E-state index in [1.807, 2.05) is 42.5 Å². The van der Waals surface area contributed by atoms with E-state index in [0.717, 1.165) is 11.3 Å². The van der Waals surface area contributed by atoms with Crippen molar-refractivity contribution in [2.45, 2.75) is 13.0 Å². The molecule has 0 bridgehead atoms. The maximum atomic E-state index is 12.2. The second-order valence-corrected chi connectivity index (χ2v) is 6.66. The highest BCUT2D eigenvalue weighted by atomic mass is 16.5. The van der Waals surface area contributed by atoms with Gasteiger partial charge in [-0.05, 0) is 29.8 Å². The lowest BCUT2D eigenvalue weighted by Crippen LogP contribution is -2.38. The lowest BCUT2D eigenvalue weighted by atomic mass is 10.1. The van der Waals surface area contributed by atoms with Crippen LogP contribution in [0.25, 0.3) is 0 Å². The van der Waals surface area contributed by atoms with Crippen LogP contribution >= 0.6 is 0 Å². The third kappa shape index (κ3) is 4.73. The summed E-state index contributed by atoms with van der Waals surface area (Å²) >= 11 is 0. The molecule has 1 heterocycles. The third-order valence-corrected chi connectivity index (χ3v) is 4.73. The van der Waals surface area contributed by atoms with Gasteiger partial charge in [0.1, 0.15) is 0 Å². The highest BCUT2D eigenvalue weighted by molar-refractivity contribution is 5.95. The average Bonchev–Trinajstić information content (AvgIpc) is 3.11. The van der Waals surface area contributed by atoms with Crippen LogP contribution < -0.4 is 25.0 Å². The number of methoxy groups -OCH3 is 2. The first-order chi connectivity index (χ1) is 13.6. The molecule has 2 aromatic carbocycles. The molecule has 1 saturated heterocycles. The van der Waals surface area contributed by atoms with Crippen LogP contribution in [0.15, 0.2) is 48.5 Å². The minimum absolute atomic E-state index is 0.0868. The maximum Gasteiger partial charge on any atom is 0.315 e. The highest BCUT2D eigenvalue weighted by Crippen LogP contribution is 2.27. The van der Waals surface area contributed by atoms with Crippen molar-refractivity contribution in [2.75, 3.05) is 32.2 Å². The second-order valence-electron chi connectivity index (χ2n) is 6.66. The Kier molecular flexibility index (Phi) is 6.37. The summed E-state index contributed by atoms with van der Waals surface area (Å²) in [5.41, 5.74) is 1.80. The summed E-state index contributed by atoms with van der Waals surface area (Å²) in [5, 5.41) is 5.67. The van der Waals surface area contributed by atoms with Crippen molar-refractivity contribution in [1.82, 2.24) is 10.6 Å². The molecule has 1 atom stereocenters. The number of urea groups is 1. The van der Waals surface area contributed by atoms with Gasteiger partial charge in [-0.3, -0.25) is 4.79 Å². The standard InChI is InChI=1S/C21H25N3O4/c1-27-18-9-8-15(10-19(18)28-2)12-22-21(26)23-13-16-11-20(25)24(14-16)17-6-4-3-5-7-17/h3-10,16H,11-14H2,1-2H3,(H2,22,23,26)/t16-/m0/s1. The Morgan fingerprint density at radius 3 is 2.54 bits per heavy atom. The van der Waals surface area contributed by atoms with Gasteiger partial charge in [0.2, 0.25) is 5.91 Å². The molecule has 1 aliphatic rings. The van der Waals surface area contributed by atoms with E-state index < -0.39 is 0 Å². The van der Waals surface area contributed by atoms with Crippen LogP contribution in [0.5, 0.6) is 11.5 Å². The van der Waals surface area contributed by atoms with Gasteiger partial charge >= 0.3 is 6.03 Å². The first-order valence-corrected chi connectivity index (χ1v) is 9.18. The zero-order valence-electron chi connectivity index (χ0n) is 16.1. The molecule has 2 N–H and O–H groups in total. The summed E-state index contributed by atoms with van der Waals surface area (Å²) in [4.78, 5) is 26.1. The molecule has 1 aliphatic heterocycles. The molecular formula is C21H25N3O4. The van der Waals surface area contributed by atoms with Gasteiger partial charge in [0.15, 0.2) is 11.5 Å². The van der Waals surface area contributed by atoms with Crippen LogP contribution in [0, 0.1) is 5.92 Å². The molecule has 1 fully saturated rings. The first kappa shape index (κ1) is 19.5. The number of para-hydroxylation sites is 1. The van der Waals surface area contributed by atoms with E-state index in [1.165, 1.54) is 0 Å². The van der Waals surface area contributed by atoms with E-state index in [2.05, 4.69) is 10.6 Å². The first-order valence-electron chi connectivity index (χ1n) is 9.18. The minimum Gasteiger partial charge on any atom is -0.493 e. The smallest absolute Gasteiger partial charge is 0.315 e. The fourth-order valence-electron chi connectivity index (χ4n) is 3.25. The summed E-state index contributed by atoms with van der Waals surface area (Å²) in [5.74, 6) is 1.44. The van der Waals surface area contributed by atoms with E-state index in [9.17, 15) is 9.59 Å². The Morgan fingerprint density at radius 1 is 1.07 bits per heavy atom. The van der Waals surface area contributed by atoms with E-state index in [4.69, 9.17) is 9.47 Å². The van der Waals surface area contributed by atoms with Gasteiger partial charge in [0.05, 0.1) is 14.2 Å². The van der Waals surface area contributed by atoms with E-state index >= 15 is 0 Å². The Balaban J connectivity index is 1.45. The van der Waals surface area contributed by atoms with Crippen molar-refractivity contribution in [2.24, 2.45) is 5.92 Å². The summed E-state index contributed by atoms with van der Waals surface area (Å²) in [6, 6.07) is 14.8. The summed E-state index contributed by atoms with van der Waals surface area (Å²) in [6.45, 7) is 1.43. The van der Waals surface area contributed by atoms with Gasteiger partial charge in [-0.2, -0.15) is 0 Å². The lowest BCUT2D eigenvalue weighted by molar-refractivity contribution is -0.117. The Hall–Kier alpha value is -3.22. The molecule has 148 valence electrons. The van der Waals surface area contributed by atoms with Crippen molar-refractivity contribution in [3.8, 4) is 11.5 Å². The number of hydrogen-bond donors (Lipinski definition) is 2. The molecule has 0 aliphatic carbocycles. The van der Waals surface area contributed by atoms with E-state index in [0.29, 0.717) is 37.6 Å². The van der Waals surface area contributed by atoms with Gasteiger partial charge in [-0.25, -0.2) is 4.79 Å². The predicted molar refractivity (Wildman–Crippen MR) is 107 cm³/mol. The Morgan fingerprint density at radius 2 is 1.82 bits per heavy atom. The number of anilines is 1. The largest absolute Gasteiger partial charge is 0.493 e. The number of amides is 3. The number of carbonyl (C=O) groups is 2. The zero-order chi connectivity index (χ0) is 19.9. The molecule has 0 radical (unpaired) electrons. The average molecular weight is 383 g/mol. The van der Waals surface area contributed by atoms with Crippen LogP contribution in [0.3, 0.4) is 0 Å². The van der Waals surface area contributed by atoms with Crippen molar-refractivity contribution in [3.05, 3.63) is 54.1 Å². The van der Waals surface area contributed by atoms with Gasteiger partial charge in [0, 0.05) is 37.7 Å². The molecule has 0 saturated carbocycles. The molecule has 28 heavy (non-hydrogen) atoms. The number of ether oxygens (including phenoxy) is 2. The molecule has 3 rings (SSSR count). The molecule has 7 heteroatoms. The molecule has 0 spiro atoms.